The number of methoxy groups -OCH3 is 2. The number of carbonyl (C=O) groups excluding carboxylic acids is 2. The maximum atomic E-state index is 12.5. The van der Waals surface area contributed by atoms with Gasteiger partial charge < -0.3 is 23.7 Å². The Kier molecular flexibility index (Phi) is 6.21. The molecule has 0 atom stereocenters. The highest BCUT2D eigenvalue weighted by Crippen LogP contribution is 2.50. The molecular weight excluding hydrogens is 419 g/mol. The van der Waals surface area contributed by atoms with Crippen LogP contribution in [0, 0.1) is 5.41 Å². The number of esters is 2. The summed E-state index contributed by atoms with van der Waals surface area (Å²) in [6.07, 6.45) is 1.44. The van der Waals surface area contributed by atoms with Gasteiger partial charge in [-0.05, 0) is 36.6 Å². The second-order valence-electron chi connectivity index (χ2n) is 7.83. The number of benzene rings is 2. The highest BCUT2D eigenvalue weighted by atomic mass is 19.1. The Labute approximate surface area is 185 Å². The lowest BCUT2D eigenvalue weighted by Crippen LogP contribution is -2.26. The smallest absolute Gasteiger partial charge is 0.338 e. The van der Waals surface area contributed by atoms with Gasteiger partial charge in [-0.25, -0.2) is 4.79 Å². The van der Waals surface area contributed by atoms with Crippen molar-refractivity contribution in [1.82, 2.24) is 0 Å². The number of cyclic esters (lactones) is 1. The van der Waals surface area contributed by atoms with Crippen LogP contribution < -0.4 is 14.2 Å². The zero-order chi connectivity index (χ0) is 22.7. The fourth-order valence-electron chi connectivity index (χ4n) is 3.80. The summed E-state index contributed by atoms with van der Waals surface area (Å²) < 4.78 is 40.0. The van der Waals surface area contributed by atoms with E-state index in [4.69, 9.17) is 23.7 Å². The van der Waals surface area contributed by atoms with Crippen molar-refractivity contribution < 1.29 is 37.7 Å². The molecule has 7 nitrogen and oxygen atoms in total. The third-order valence-electron chi connectivity index (χ3n) is 5.82. The summed E-state index contributed by atoms with van der Waals surface area (Å²) in [4.78, 5) is 24.5. The van der Waals surface area contributed by atoms with E-state index in [0.717, 1.165) is 11.1 Å². The number of halogens is 1. The van der Waals surface area contributed by atoms with E-state index in [1.807, 2.05) is 12.1 Å². The second-order valence-corrected chi connectivity index (χ2v) is 7.83. The van der Waals surface area contributed by atoms with Gasteiger partial charge >= 0.3 is 11.9 Å². The van der Waals surface area contributed by atoms with Crippen molar-refractivity contribution in [3.05, 3.63) is 41.5 Å². The van der Waals surface area contributed by atoms with E-state index in [9.17, 15) is 14.0 Å². The van der Waals surface area contributed by atoms with Gasteiger partial charge in [-0.15, -0.1) is 0 Å². The number of hydrogen-bond acceptors (Lipinski definition) is 7. The van der Waals surface area contributed by atoms with E-state index < -0.39 is 12.1 Å². The predicted octanol–water partition coefficient (Wildman–Crippen LogP) is 4.10. The molecule has 0 aromatic heterocycles. The minimum Gasteiger partial charge on any atom is -0.493 e. The Morgan fingerprint density at radius 3 is 2.53 bits per heavy atom. The van der Waals surface area contributed by atoms with E-state index in [0.29, 0.717) is 41.2 Å². The Morgan fingerprint density at radius 2 is 1.84 bits per heavy atom. The normalized spacial score (nSPS) is 15.5. The highest BCUT2D eigenvalue weighted by Gasteiger charge is 2.52. The molecule has 2 aliphatic rings. The van der Waals surface area contributed by atoms with Gasteiger partial charge in [-0.1, -0.05) is 12.1 Å². The number of rotatable bonds is 10. The molecule has 0 amide bonds. The molecule has 0 radical (unpaired) electrons. The first-order valence-electron chi connectivity index (χ1n) is 10.4. The number of ether oxygens (including phenoxy) is 5. The molecule has 0 unspecified atom stereocenters. The SMILES string of the molecule is COc1ccc(-c2cccc3c2COC3=O)c(OCC2(C(=O)OCCCF)CC2)c1OC. The van der Waals surface area contributed by atoms with Gasteiger partial charge in [0.05, 0.1) is 33.1 Å². The van der Waals surface area contributed by atoms with Crippen molar-refractivity contribution in [2.75, 3.05) is 34.1 Å². The molecule has 1 heterocycles. The summed E-state index contributed by atoms with van der Waals surface area (Å²) >= 11 is 0. The largest absolute Gasteiger partial charge is 0.493 e. The average molecular weight is 444 g/mol. The number of carbonyl (C=O) groups is 2. The van der Waals surface area contributed by atoms with Gasteiger partial charge in [0.1, 0.15) is 18.6 Å². The van der Waals surface area contributed by atoms with Gasteiger partial charge in [-0.2, -0.15) is 0 Å². The molecule has 170 valence electrons. The minimum absolute atomic E-state index is 0.0506. The zero-order valence-corrected chi connectivity index (χ0v) is 18.1. The first kappa shape index (κ1) is 21.9. The summed E-state index contributed by atoms with van der Waals surface area (Å²) in [5.74, 6) is 0.519. The lowest BCUT2D eigenvalue weighted by atomic mass is 9.95. The van der Waals surface area contributed by atoms with Crippen LogP contribution in [0.15, 0.2) is 30.3 Å². The van der Waals surface area contributed by atoms with E-state index in [1.54, 1.807) is 18.2 Å². The molecule has 8 heteroatoms. The summed E-state index contributed by atoms with van der Waals surface area (Å²) in [5.41, 5.74) is 2.00. The average Bonchev–Trinajstić information content (AvgIpc) is 3.52. The molecular formula is C24H25FO7. The molecule has 1 fully saturated rings. The third kappa shape index (κ3) is 3.97. The Bertz CT molecular complexity index is 1030. The highest BCUT2D eigenvalue weighted by molar-refractivity contribution is 5.96. The number of alkyl halides is 1. The summed E-state index contributed by atoms with van der Waals surface area (Å²) in [6.45, 7) is -0.227. The lowest BCUT2D eigenvalue weighted by molar-refractivity contribution is -0.151. The summed E-state index contributed by atoms with van der Waals surface area (Å²) in [6, 6.07) is 8.98. The fourth-order valence-corrected chi connectivity index (χ4v) is 3.80. The lowest BCUT2D eigenvalue weighted by Gasteiger charge is -2.21. The Balaban J connectivity index is 1.67. The van der Waals surface area contributed by atoms with Crippen molar-refractivity contribution >= 4 is 11.9 Å². The van der Waals surface area contributed by atoms with Crippen LogP contribution in [-0.2, 0) is 20.9 Å². The van der Waals surface area contributed by atoms with Crippen LogP contribution in [0.4, 0.5) is 4.39 Å². The van der Waals surface area contributed by atoms with Crippen molar-refractivity contribution in [2.45, 2.75) is 25.9 Å². The first-order valence-corrected chi connectivity index (χ1v) is 10.4. The molecule has 1 aliphatic carbocycles. The van der Waals surface area contributed by atoms with E-state index in [-0.39, 0.29) is 38.2 Å². The van der Waals surface area contributed by atoms with Crippen LogP contribution in [0.1, 0.15) is 35.2 Å². The van der Waals surface area contributed by atoms with Crippen molar-refractivity contribution in [1.29, 1.82) is 0 Å². The first-order chi connectivity index (χ1) is 15.5. The van der Waals surface area contributed by atoms with Gasteiger partial charge in [0.2, 0.25) is 5.75 Å². The Morgan fingerprint density at radius 1 is 1.06 bits per heavy atom. The molecule has 4 rings (SSSR count). The van der Waals surface area contributed by atoms with Crippen molar-refractivity contribution in [3.63, 3.8) is 0 Å². The molecule has 1 aliphatic heterocycles. The third-order valence-corrected chi connectivity index (χ3v) is 5.82. The van der Waals surface area contributed by atoms with Crippen LogP contribution in [0.2, 0.25) is 0 Å². The summed E-state index contributed by atoms with van der Waals surface area (Å²) in [5, 5.41) is 0. The van der Waals surface area contributed by atoms with Crippen LogP contribution in [0.3, 0.4) is 0 Å². The van der Waals surface area contributed by atoms with E-state index in [1.165, 1.54) is 14.2 Å². The van der Waals surface area contributed by atoms with Crippen LogP contribution >= 0.6 is 0 Å². The van der Waals surface area contributed by atoms with Crippen LogP contribution in [0.5, 0.6) is 17.2 Å². The van der Waals surface area contributed by atoms with Crippen molar-refractivity contribution in [2.24, 2.45) is 5.41 Å². The fraction of sp³-hybridized carbons (Fsp3) is 0.417. The molecule has 0 saturated heterocycles. The topological polar surface area (TPSA) is 80.3 Å². The van der Waals surface area contributed by atoms with Crippen LogP contribution in [-0.4, -0.2) is 46.0 Å². The molecule has 2 aromatic rings. The minimum atomic E-state index is -0.751. The Hall–Kier alpha value is -3.29. The maximum Gasteiger partial charge on any atom is 0.338 e. The maximum absolute atomic E-state index is 12.5. The zero-order valence-electron chi connectivity index (χ0n) is 18.1. The van der Waals surface area contributed by atoms with Crippen LogP contribution in [0.25, 0.3) is 11.1 Å². The van der Waals surface area contributed by atoms with E-state index in [2.05, 4.69) is 0 Å². The molecule has 32 heavy (non-hydrogen) atoms. The molecule has 0 N–H and O–H groups in total. The molecule has 0 spiro atoms. The van der Waals surface area contributed by atoms with Crippen molar-refractivity contribution in [3.8, 4) is 28.4 Å². The van der Waals surface area contributed by atoms with E-state index >= 15 is 0 Å². The van der Waals surface area contributed by atoms with Gasteiger partial charge in [0.15, 0.2) is 11.5 Å². The quantitative estimate of drug-likeness (QED) is 0.403. The number of hydrogen-bond donors (Lipinski definition) is 0. The standard InChI is InChI=1S/C24H25FO7/c1-28-19-8-7-16(15-5-3-6-17-18(15)13-31-22(17)26)20(21(19)29-2)32-14-24(9-10-24)23(27)30-12-4-11-25/h3,5-8H,4,9-14H2,1-2H3. The monoisotopic (exact) mass is 444 g/mol. The second kappa shape index (κ2) is 9.06. The predicted molar refractivity (Wildman–Crippen MR) is 113 cm³/mol. The number of fused-ring (bicyclic) bond motifs is 1. The van der Waals surface area contributed by atoms with Gasteiger partial charge in [-0.3, -0.25) is 9.18 Å². The molecule has 1 saturated carbocycles. The van der Waals surface area contributed by atoms with Gasteiger partial charge in [0, 0.05) is 17.5 Å². The summed E-state index contributed by atoms with van der Waals surface area (Å²) in [7, 11) is 3.04. The molecule has 0 bridgehead atoms. The van der Waals surface area contributed by atoms with Gasteiger partial charge in [0.25, 0.3) is 0 Å². The molecule has 2 aromatic carbocycles.